The average molecular weight is 265 g/mol. The third-order valence-corrected chi connectivity index (χ3v) is 4.28. The van der Waals surface area contributed by atoms with Gasteiger partial charge < -0.3 is 18.6 Å². The summed E-state index contributed by atoms with van der Waals surface area (Å²) >= 11 is 0. The van der Waals surface area contributed by atoms with Gasteiger partial charge in [0.15, 0.2) is 5.45 Å². The lowest BCUT2D eigenvalue weighted by Gasteiger charge is -2.24. The van der Waals surface area contributed by atoms with E-state index in [2.05, 4.69) is 5.16 Å². The van der Waals surface area contributed by atoms with Crippen molar-refractivity contribution in [2.75, 3.05) is 19.8 Å². The van der Waals surface area contributed by atoms with Crippen LogP contribution < -0.4 is 0 Å². The van der Waals surface area contributed by atoms with Crippen LogP contribution in [0, 0.1) is 0 Å². The summed E-state index contributed by atoms with van der Waals surface area (Å²) in [7, 11) is -3.27. The molecular formula is C10H20NO5P. The zero-order valence-electron chi connectivity index (χ0n) is 10.5. The number of hydrogen-bond donors (Lipinski definition) is 0. The van der Waals surface area contributed by atoms with Crippen LogP contribution in [0.1, 0.15) is 33.6 Å². The van der Waals surface area contributed by atoms with Crippen LogP contribution in [0.2, 0.25) is 0 Å². The van der Waals surface area contributed by atoms with Crippen LogP contribution in [-0.4, -0.2) is 31.6 Å². The average Bonchev–Trinajstić information content (AvgIpc) is 2.31. The number of nitrogens with zero attached hydrogens (tertiary/aromatic N) is 1. The molecule has 1 rings (SSSR count). The first-order valence-electron chi connectivity index (χ1n) is 5.90. The molecule has 7 heteroatoms. The topological polar surface area (TPSA) is 66.4 Å². The Balaban J connectivity index is 2.67. The number of rotatable bonds is 7. The molecule has 1 aliphatic heterocycles. The Kier molecular flexibility index (Phi) is 6.12. The monoisotopic (exact) mass is 265 g/mol. The number of oxime groups is 1. The van der Waals surface area contributed by atoms with E-state index >= 15 is 0 Å². The molecule has 17 heavy (non-hydrogen) atoms. The highest BCUT2D eigenvalue weighted by Gasteiger charge is 2.35. The zero-order chi connectivity index (χ0) is 12.7. The highest BCUT2D eigenvalue weighted by atomic mass is 31.2. The highest BCUT2D eigenvalue weighted by molar-refractivity contribution is 7.72. The minimum Gasteiger partial charge on any atom is -0.363 e. The first-order valence-corrected chi connectivity index (χ1v) is 7.44. The van der Waals surface area contributed by atoms with Gasteiger partial charge in [0.05, 0.1) is 13.2 Å². The van der Waals surface area contributed by atoms with Crippen molar-refractivity contribution in [1.29, 1.82) is 0 Å². The van der Waals surface area contributed by atoms with E-state index in [0.29, 0.717) is 38.1 Å². The molecule has 1 aliphatic rings. The SMILES string of the molecule is CCOC1CCC(P(=O)(OCC)OCC)=NO1. The van der Waals surface area contributed by atoms with Crippen molar-refractivity contribution in [3.8, 4) is 0 Å². The Bertz CT molecular complexity index is 297. The van der Waals surface area contributed by atoms with Gasteiger partial charge in [-0.05, 0) is 20.8 Å². The second-order valence-corrected chi connectivity index (χ2v) is 5.40. The van der Waals surface area contributed by atoms with Crippen LogP contribution in [0.4, 0.5) is 0 Å². The fraction of sp³-hybridized carbons (Fsp3) is 0.900. The molecule has 0 saturated carbocycles. The van der Waals surface area contributed by atoms with E-state index in [-0.39, 0.29) is 6.29 Å². The molecule has 0 aromatic carbocycles. The van der Waals surface area contributed by atoms with E-state index in [9.17, 15) is 4.57 Å². The third kappa shape index (κ3) is 4.07. The molecule has 0 aromatic rings. The van der Waals surface area contributed by atoms with Gasteiger partial charge in [0, 0.05) is 19.4 Å². The fourth-order valence-electron chi connectivity index (χ4n) is 1.48. The summed E-state index contributed by atoms with van der Waals surface area (Å²) in [5.41, 5.74) is 0.345. The summed E-state index contributed by atoms with van der Waals surface area (Å²) in [6.07, 6.45) is 0.749. The van der Waals surface area contributed by atoms with Gasteiger partial charge in [0.1, 0.15) is 0 Å². The largest absolute Gasteiger partial charge is 0.378 e. The summed E-state index contributed by atoms with van der Waals surface area (Å²) < 4.78 is 28.0. The van der Waals surface area contributed by atoms with E-state index in [1.165, 1.54) is 0 Å². The smallest absolute Gasteiger partial charge is 0.363 e. The van der Waals surface area contributed by atoms with Crippen LogP contribution in [0.5, 0.6) is 0 Å². The molecule has 0 saturated heterocycles. The minimum atomic E-state index is -3.27. The Morgan fingerprint density at radius 1 is 1.29 bits per heavy atom. The quantitative estimate of drug-likeness (QED) is 0.662. The van der Waals surface area contributed by atoms with Crippen LogP contribution in [0.3, 0.4) is 0 Å². The van der Waals surface area contributed by atoms with Gasteiger partial charge in [-0.15, -0.1) is 0 Å². The van der Waals surface area contributed by atoms with E-state index in [0.717, 1.165) is 0 Å². The molecule has 0 N–H and O–H groups in total. The van der Waals surface area contributed by atoms with Gasteiger partial charge in [0.25, 0.3) is 0 Å². The summed E-state index contributed by atoms with van der Waals surface area (Å²) in [5.74, 6) is 0. The summed E-state index contributed by atoms with van der Waals surface area (Å²) in [4.78, 5) is 5.10. The summed E-state index contributed by atoms with van der Waals surface area (Å²) in [6.45, 7) is 6.59. The van der Waals surface area contributed by atoms with Gasteiger partial charge in [-0.25, -0.2) is 0 Å². The normalized spacial score (nSPS) is 20.9. The minimum absolute atomic E-state index is 0.311. The van der Waals surface area contributed by atoms with Crippen molar-refractivity contribution in [3.05, 3.63) is 0 Å². The molecule has 0 bridgehead atoms. The van der Waals surface area contributed by atoms with Crippen molar-refractivity contribution >= 4 is 13.0 Å². The van der Waals surface area contributed by atoms with E-state index in [1.54, 1.807) is 13.8 Å². The molecule has 1 heterocycles. The van der Waals surface area contributed by atoms with E-state index in [1.807, 2.05) is 6.92 Å². The van der Waals surface area contributed by atoms with Crippen molar-refractivity contribution < 1.29 is 23.2 Å². The molecule has 0 fully saturated rings. The highest BCUT2D eigenvalue weighted by Crippen LogP contribution is 2.51. The predicted octanol–water partition coefficient (Wildman–Crippen LogP) is 2.74. The maximum absolute atomic E-state index is 12.3. The lowest BCUT2D eigenvalue weighted by molar-refractivity contribution is -0.146. The van der Waals surface area contributed by atoms with Crippen molar-refractivity contribution in [1.82, 2.24) is 0 Å². The standard InChI is InChI=1S/C10H20NO5P/c1-4-13-10-8-7-9(11-16-10)17(12,14-5-2)15-6-3/h10H,4-8H2,1-3H3. The molecule has 0 aliphatic carbocycles. The summed E-state index contributed by atoms with van der Waals surface area (Å²) in [6, 6.07) is 0. The van der Waals surface area contributed by atoms with Gasteiger partial charge in [-0.3, -0.25) is 4.57 Å². The molecule has 1 atom stereocenters. The zero-order valence-corrected chi connectivity index (χ0v) is 11.4. The Hall–Kier alpha value is -0.420. The van der Waals surface area contributed by atoms with Crippen molar-refractivity contribution in [3.63, 3.8) is 0 Å². The third-order valence-electron chi connectivity index (χ3n) is 2.15. The van der Waals surface area contributed by atoms with E-state index < -0.39 is 7.60 Å². The second-order valence-electron chi connectivity index (χ2n) is 3.37. The van der Waals surface area contributed by atoms with Crippen LogP contribution in [0.25, 0.3) is 0 Å². The maximum atomic E-state index is 12.3. The van der Waals surface area contributed by atoms with Gasteiger partial charge in [-0.2, -0.15) is 0 Å². The molecular weight excluding hydrogens is 245 g/mol. The lowest BCUT2D eigenvalue weighted by atomic mass is 10.3. The van der Waals surface area contributed by atoms with Gasteiger partial charge in [0.2, 0.25) is 6.29 Å². The number of hydrogen-bond acceptors (Lipinski definition) is 6. The fourth-order valence-corrected chi connectivity index (χ4v) is 3.08. The molecule has 100 valence electrons. The molecule has 0 aromatic heterocycles. The first kappa shape index (κ1) is 14.6. The van der Waals surface area contributed by atoms with Crippen LogP contribution in [0.15, 0.2) is 5.16 Å². The second kappa shape index (κ2) is 7.11. The number of ether oxygens (including phenoxy) is 1. The molecule has 1 unspecified atom stereocenters. The first-order chi connectivity index (χ1) is 8.16. The lowest BCUT2D eigenvalue weighted by Crippen LogP contribution is -2.22. The van der Waals surface area contributed by atoms with Gasteiger partial charge >= 0.3 is 7.60 Å². The van der Waals surface area contributed by atoms with Crippen LogP contribution in [-0.2, 0) is 23.2 Å². The van der Waals surface area contributed by atoms with Crippen molar-refractivity contribution in [2.45, 2.75) is 39.9 Å². The molecule has 6 nitrogen and oxygen atoms in total. The Morgan fingerprint density at radius 3 is 2.35 bits per heavy atom. The Morgan fingerprint density at radius 2 is 1.94 bits per heavy atom. The van der Waals surface area contributed by atoms with Crippen molar-refractivity contribution in [2.24, 2.45) is 5.16 Å². The van der Waals surface area contributed by atoms with E-state index in [4.69, 9.17) is 18.6 Å². The molecule has 0 radical (unpaired) electrons. The Labute approximate surface area is 102 Å². The molecule has 0 spiro atoms. The maximum Gasteiger partial charge on any atom is 0.378 e. The summed E-state index contributed by atoms with van der Waals surface area (Å²) in [5, 5.41) is 3.82. The van der Waals surface area contributed by atoms with Crippen LogP contribution >= 0.6 is 7.60 Å². The predicted molar refractivity (Wildman–Crippen MR) is 64.0 cm³/mol. The van der Waals surface area contributed by atoms with Gasteiger partial charge in [-0.1, -0.05) is 5.16 Å². The molecule has 0 amide bonds.